The number of benzene rings is 1. The van der Waals surface area contributed by atoms with Gasteiger partial charge in [-0.1, -0.05) is 13.8 Å². The molecule has 1 rings (SSSR count). The molecule has 1 aromatic rings. The molecule has 19 heavy (non-hydrogen) atoms. The maximum atomic E-state index is 12.4. The molecule has 1 unspecified atom stereocenters. The van der Waals surface area contributed by atoms with Crippen molar-refractivity contribution in [2.24, 2.45) is 11.7 Å². The van der Waals surface area contributed by atoms with Gasteiger partial charge in [-0.25, -0.2) is 0 Å². The molecule has 3 nitrogen and oxygen atoms in total. The molecule has 0 aliphatic rings. The van der Waals surface area contributed by atoms with Crippen LogP contribution in [0.15, 0.2) is 22.7 Å². The van der Waals surface area contributed by atoms with Crippen LogP contribution in [0.5, 0.6) is 0 Å². The van der Waals surface area contributed by atoms with Crippen molar-refractivity contribution < 1.29 is 4.79 Å². The lowest BCUT2D eigenvalue weighted by atomic mass is 9.90. The smallest absolute Gasteiger partial charge is 0.252 e. The van der Waals surface area contributed by atoms with Gasteiger partial charge in [-0.15, -0.1) is 0 Å². The standard InChI is InChI=1S/C14H20BrIN2O/c1-9(2)7-14(3,8-17)18-13(19)11-6-10(16)4-5-12(11)15/h4-6,9H,7-8,17H2,1-3H3,(H,18,19). The average molecular weight is 439 g/mol. The quantitative estimate of drug-likeness (QED) is 0.690. The number of hydrogen-bond acceptors (Lipinski definition) is 2. The summed E-state index contributed by atoms with van der Waals surface area (Å²) in [5.74, 6) is 0.396. The summed E-state index contributed by atoms with van der Waals surface area (Å²) in [6.45, 7) is 6.67. The highest BCUT2D eigenvalue weighted by Crippen LogP contribution is 2.21. The molecule has 0 heterocycles. The third-order valence-electron chi connectivity index (χ3n) is 2.90. The fourth-order valence-corrected chi connectivity index (χ4v) is 3.02. The number of hydrogen-bond donors (Lipinski definition) is 2. The van der Waals surface area contributed by atoms with Crippen LogP contribution in [0, 0.1) is 9.49 Å². The summed E-state index contributed by atoms with van der Waals surface area (Å²) in [6, 6.07) is 5.71. The summed E-state index contributed by atoms with van der Waals surface area (Å²) in [4.78, 5) is 12.4. The monoisotopic (exact) mass is 438 g/mol. The van der Waals surface area contributed by atoms with Gasteiger partial charge < -0.3 is 11.1 Å². The first kappa shape index (κ1) is 16.9. The molecule has 0 aromatic heterocycles. The second-order valence-electron chi connectivity index (χ2n) is 5.44. The van der Waals surface area contributed by atoms with E-state index in [1.807, 2.05) is 25.1 Å². The molecule has 1 atom stereocenters. The molecule has 3 N–H and O–H groups in total. The second kappa shape index (κ2) is 7.04. The van der Waals surface area contributed by atoms with Crippen molar-refractivity contribution in [3.63, 3.8) is 0 Å². The lowest BCUT2D eigenvalue weighted by Gasteiger charge is -2.31. The van der Waals surface area contributed by atoms with Crippen LogP contribution < -0.4 is 11.1 Å². The lowest BCUT2D eigenvalue weighted by Crippen LogP contribution is -2.52. The van der Waals surface area contributed by atoms with Gasteiger partial charge in [0.2, 0.25) is 0 Å². The zero-order valence-electron chi connectivity index (χ0n) is 11.5. The summed E-state index contributed by atoms with van der Waals surface area (Å²) in [5.41, 5.74) is 6.10. The zero-order chi connectivity index (χ0) is 14.6. The van der Waals surface area contributed by atoms with Crippen LogP contribution in [0.25, 0.3) is 0 Å². The molecular weight excluding hydrogens is 419 g/mol. The summed E-state index contributed by atoms with van der Waals surface area (Å²) in [6.07, 6.45) is 0.858. The van der Waals surface area contributed by atoms with Crippen molar-refractivity contribution in [2.45, 2.75) is 32.7 Å². The maximum Gasteiger partial charge on any atom is 0.252 e. The minimum absolute atomic E-state index is 0.0843. The summed E-state index contributed by atoms with van der Waals surface area (Å²) in [7, 11) is 0. The largest absolute Gasteiger partial charge is 0.346 e. The van der Waals surface area contributed by atoms with E-state index in [9.17, 15) is 4.79 Å². The Bertz CT molecular complexity index is 465. The zero-order valence-corrected chi connectivity index (χ0v) is 15.2. The Hall–Kier alpha value is -0.140. The van der Waals surface area contributed by atoms with Crippen molar-refractivity contribution in [1.82, 2.24) is 5.32 Å². The highest BCUT2D eigenvalue weighted by Gasteiger charge is 2.27. The van der Waals surface area contributed by atoms with Gasteiger partial charge >= 0.3 is 0 Å². The molecule has 0 fully saturated rings. The van der Waals surface area contributed by atoms with Crippen LogP contribution in [0.4, 0.5) is 0 Å². The molecule has 0 aliphatic heterocycles. The van der Waals surface area contributed by atoms with Crippen LogP contribution in [0.1, 0.15) is 37.6 Å². The predicted octanol–water partition coefficient (Wildman–Crippen LogP) is 3.55. The van der Waals surface area contributed by atoms with Crippen LogP contribution in [0.2, 0.25) is 0 Å². The van der Waals surface area contributed by atoms with Gasteiger partial charge in [0.25, 0.3) is 5.91 Å². The van der Waals surface area contributed by atoms with Gasteiger partial charge in [-0.3, -0.25) is 4.79 Å². The van der Waals surface area contributed by atoms with Crippen molar-refractivity contribution >= 4 is 44.4 Å². The van der Waals surface area contributed by atoms with Gasteiger partial charge in [0.1, 0.15) is 0 Å². The minimum Gasteiger partial charge on any atom is -0.346 e. The molecule has 1 aromatic carbocycles. The first-order valence-electron chi connectivity index (χ1n) is 6.25. The van der Waals surface area contributed by atoms with E-state index in [0.717, 1.165) is 14.5 Å². The molecule has 0 radical (unpaired) electrons. The number of nitrogens with two attached hydrogens (primary N) is 1. The Morgan fingerprint density at radius 2 is 2.16 bits per heavy atom. The predicted molar refractivity (Wildman–Crippen MR) is 91.2 cm³/mol. The van der Waals surface area contributed by atoms with Crippen molar-refractivity contribution in [3.8, 4) is 0 Å². The van der Waals surface area contributed by atoms with Gasteiger partial charge in [-0.05, 0) is 76.0 Å². The number of carbonyl (C=O) groups is 1. The third kappa shape index (κ3) is 5.04. The molecule has 0 bridgehead atoms. The molecule has 0 saturated heterocycles. The topological polar surface area (TPSA) is 55.1 Å². The number of nitrogens with one attached hydrogen (secondary N) is 1. The first-order chi connectivity index (χ1) is 8.77. The van der Waals surface area contributed by atoms with Gasteiger partial charge in [-0.2, -0.15) is 0 Å². The van der Waals surface area contributed by atoms with Crippen molar-refractivity contribution in [2.75, 3.05) is 6.54 Å². The number of carbonyl (C=O) groups excluding carboxylic acids is 1. The second-order valence-corrected chi connectivity index (χ2v) is 7.54. The SMILES string of the molecule is CC(C)CC(C)(CN)NC(=O)c1cc(I)ccc1Br. The van der Waals surface area contributed by atoms with E-state index in [-0.39, 0.29) is 11.4 Å². The van der Waals surface area contributed by atoms with E-state index in [1.54, 1.807) is 0 Å². The van der Waals surface area contributed by atoms with Crippen molar-refractivity contribution in [1.29, 1.82) is 0 Å². The van der Waals surface area contributed by atoms with Gasteiger partial charge in [0.05, 0.1) is 5.56 Å². The fourth-order valence-electron chi connectivity index (χ4n) is 2.10. The third-order valence-corrected chi connectivity index (χ3v) is 4.26. The normalized spacial score (nSPS) is 14.3. The highest BCUT2D eigenvalue weighted by molar-refractivity contribution is 14.1. The summed E-state index contributed by atoms with van der Waals surface area (Å²) >= 11 is 5.61. The number of halogens is 2. The first-order valence-corrected chi connectivity index (χ1v) is 8.12. The lowest BCUT2D eigenvalue weighted by molar-refractivity contribution is 0.0897. The number of amides is 1. The van der Waals surface area contributed by atoms with E-state index in [0.29, 0.717) is 18.0 Å². The van der Waals surface area contributed by atoms with E-state index in [1.165, 1.54) is 0 Å². The molecule has 0 saturated carbocycles. The Morgan fingerprint density at radius 1 is 1.53 bits per heavy atom. The molecule has 106 valence electrons. The summed E-state index contributed by atoms with van der Waals surface area (Å²) in [5, 5.41) is 3.06. The maximum absolute atomic E-state index is 12.4. The Balaban J connectivity index is 2.91. The van der Waals surface area contributed by atoms with Gasteiger partial charge in [0.15, 0.2) is 0 Å². The van der Waals surface area contributed by atoms with Crippen molar-refractivity contribution in [3.05, 3.63) is 31.8 Å². The number of rotatable bonds is 5. The molecule has 5 heteroatoms. The van der Waals surface area contributed by atoms with Crippen LogP contribution >= 0.6 is 38.5 Å². The molecular formula is C14H20BrIN2O. The minimum atomic E-state index is -0.369. The van der Waals surface area contributed by atoms with E-state index < -0.39 is 0 Å². The van der Waals surface area contributed by atoms with Crippen LogP contribution in [-0.2, 0) is 0 Å². The highest BCUT2D eigenvalue weighted by atomic mass is 127. The van der Waals surface area contributed by atoms with E-state index in [2.05, 4.69) is 57.7 Å². The van der Waals surface area contributed by atoms with E-state index >= 15 is 0 Å². The van der Waals surface area contributed by atoms with E-state index in [4.69, 9.17) is 5.73 Å². The molecule has 1 amide bonds. The Kier molecular flexibility index (Phi) is 6.26. The Morgan fingerprint density at radius 3 is 2.68 bits per heavy atom. The Labute approximate surface area is 137 Å². The molecule has 0 spiro atoms. The summed E-state index contributed by atoms with van der Waals surface area (Å²) < 4.78 is 1.83. The fraction of sp³-hybridized carbons (Fsp3) is 0.500. The van der Waals surface area contributed by atoms with Crippen LogP contribution in [-0.4, -0.2) is 18.0 Å². The molecule has 0 aliphatic carbocycles. The average Bonchev–Trinajstić information content (AvgIpc) is 2.31. The van der Waals surface area contributed by atoms with Gasteiger partial charge in [0, 0.05) is 20.1 Å². The van der Waals surface area contributed by atoms with Crippen LogP contribution in [0.3, 0.4) is 0 Å².